The van der Waals surface area contributed by atoms with Gasteiger partial charge >= 0.3 is 20.1 Å². The maximum absolute atomic E-state index is 12.4. The average molecular weight is 396 g/mol. The standard InChI is InChI=1S/C15H26NO9P/c1-10(2)14(19)22-9-24-26(20)23-8-15(3,4)12(25-26)13(18)16-7-6-11(17)21-5/h10,12,20H,6-9H2,1-5H3/p+1/t12-,26?/m0/s1. The summed E-state index contributed by atoms with van der Waals surface area (Å²) < 4.78 is 25.0. The molecule has 0 bridgehead atoms. The molecule has 0 radical (unpaired) electrons. The van der Waals surface area contributed by atoms with E-state index in [0.29, 0.717) is 0 Å². The summed E-state index contributed by atoms with van der Waals surface area (Å²) in [7, 11) is -2.57. The van der Waals surface area contributed by atoms with E-state index in [1.54, 1.807) is 27.7 Å². The molecule has 1 amide bonds. The predicted octanol–water partition coefficient (Wildman–Crippen LogP) is 0.950. The highest BCUT2D eigenvalue weighted by molar-refractivity contribution is 7.55. The van der Waals surface area contributed by atoms with Crippen LogP contribution in [0.5, 0.6) is 0 Å². The third kappa shape index (κ3) is 6.77. The molecule has 1 unspecified atom stereocenters. The predicted molar refractivity (Wildman–Crippen MR) is 90.3 cm³/mol. The topological polar surface area (TPSA) is 130 Å². The number of esters is 2. The van der Waals surface area contributed by atoms with E-state index in [1.807, 2.05) is 0 Å². The van der Waals surface area contributed by atoms with Crippen molar-refractivity contribution in [2.24, 2.45) is 11.3 Å². The van der Waals surface area contributed by atoms with Crippen molar-refractivity contribution in [3.05, 3.63) is 0 Å². The molecule has 1 aliphatic heterocycles. The number of ether oxygens (including phenoxy) is 2. The minimum atomic E-state index is -3.83. The van der Waals surface area contributed by atoms with Crippen molar-refractivity contribution in [3.63, 3.8) is 0 Å². The molecule has 1 heterocycles. The minimum absolute atomic E-state index is 0.00690. The Morgan fingerprint density at radius 1 is 1.35 bits per heavy atom. The van der Waals surface area contributed by atoms with E-state index >= 15 is 0 Å². The molecular formula is C15H27NO9P+. The molecule has 10 nitrogen and oxygen atoms in total. The first kappa shape index (κ1) is 22.7. The van der Waals surface area contributed by atoms with Crippen molar-refractivity contribution in [1.29, 1.82) is 0 Å². The zero-order valence-electron chi connectivity index (χ0n) is 15.6. The SMILES string of the molecule is COC(=O)CCNC(=O)[C@@H]1O[P+](O)(OCOC(=O)C(C)C)OCC1(C)C. The molecule has 0 aromatic rings. The van der Waals surface area contributed by atoms with Gasteiger partial charge in [0.25, 0.3) is 5.91 Å². The Bertz CT molecular complexity index is 525. The molecule has 2 N–H and O–H groups in total. The van der Waals surface area contributed by atoms with Crippen LogP contribution < -0.4 is 5.32 Å². The van der Waals surface area contributed by atoms with Gasteiger partial charge in [-0.25, -0.2) is 0 Å². The summed E-state index contributed by atoms with van der Waals surface area (Å²) in [6.45, 7) is 6.24. The summed E-state index contributed by atoms with van der Waals surface area (Å²) in [5.41, 5.74) is -0.750. The van der Waals surface area contributed by atoms with Crippen LogP contribution in [0, 0.1) is 11.3 Å². The molecule has 1 rings (SSSR count). The van der Waals surface area contributed by atoms with E-state index in [0.717, 1.165) is 0 Å². The van der Waals surface area contributed by atoms with Crippen molar-refractivity contribution in [2.45, 2.75) is 40.2 Å². The van der Waals surface area contributed by atoms with Gasteiger partial charge < -0.3 is 14.8 Å². The van der Waals surface area contributed by atoms with E-state index in [1.165, 1.54) is 7.11 Å². The lowest BCUT2D eigenvalue weighted by Gasteiger charge is -2.36. The monoisotopic (exact) mass is 396 g/mol. The number of carbonyl (C=O) groups excluding carboxylic acids is 3. The molecule has 0 aromatic heterocycles. The smallest absolute Gasteiger partial charge is 0.469 e. The second-order valence-corrected chi connectivity index (χ2v) is 8.36. The van der Waals surface area contributed by atoms with Crippen LogP contribution in [0.2, 0.25) is 0 Å². The molecule has 0 saturated carbocycles. The van der Waals surface area contributed by atoms with E-state index in [4.69, 9.17) is 18.3 Å². The summed E-state index contributed by atoms with van der Waals surface area (Å²) in [6.07, 6.45) is -1.07. The van der Waals surface area contributed by atoms with Crippen LogP contribution in [0.1, 0.15) is 34.1 Å². The van der Waals surface area contributed by atoms with Crippen LogP contribution in [-0.4, -0.2) is 55.9 Å². The van der Waals surface area contributed by atoms with E-state index in [9.17, 15) is 19.3 Å². The van der Waals surface area contributed by atoms with Gasteiger partial charge in [0.1, 0.15) is 6.61 Å². The summed E-state index contributed by atoms with van der Waals surface area (Å²) in [5, 5.41) is 2.55. The maximum Gasteiger partial charge on any atom is 0.576 e. The van der Waals surface area contributed by atoms with Crippen LogP contribution in [0.3, 0.4) is 0 Å². The minimum Gasteiger partial charge on any atom is -0.469 e. The number of hydrogen-bond donors (Lipinski definition) is 2. The van der Waals surface area contributed by atoms with Crippen molar-refractivity contribution < 1.29 is 42.3 Å². The number of amides is 1. The van der Waals surface area contributed by atoms with Gasteiger partial charge in [0.05, 0.1) is 19.4 Å². The fraction of sp³-hybridized carbons (Fsp3) is 0.800. The highest BCUT2D eigenvalue weighted by Gasteiger charge is 2.59. The largest absolute Gasteiger partial charge is 0.576 e. The Morgan fingerprint density at radius 3 is 2.58 bits per heavy atom. The van der Waals surface area contributed by atoms with Crippen molar-refractivity contribution in [2.75, 3.05) is 27.1 Å². The number of hydrogen-bond acceptors (Lipinski definition) is 9. The third-order valence-electron chi connectivity index (χ3n) is 3.53. The molecule has 11 heteroatoms. The average Bonchev–Trinajstić information content (AvgIpc) is 2.56. The number of rotatable bonds is 8. The fourth-order valence-corrected chi connectivity index (χ4v) is 3.43. The maximum atomic E-state index is 12.4. The number of methoxy groups -OCH3 is 1. The van der Waals surface area contributed by atoms with Gasteiger partial charge in [-0.2, -0.15) is 9.42 Å². The number of nitrogens with one attached hydrogen (secondary N) is 1. The second-order valence-electron chi connectivity index (χ2n) is 6.70. The lowest BCUT2D eigenvalue weighted by Crippen LogP contribution is -2.50. The highest BCUT2D eigenvalue weighted by Crippen LogP contribution is 2.63. The molecule has 0 aromatic carbocycles. The van der Waals surface area contributed by atoms with Crippen molar-refractivity contribution in [1.82, 2.24) is 5.32 Å². The van der Waals surface area contributed by atoms with Gasteiger partial charge in [-0.1, -0.05) is 27.7 Å². The zero-order valence-corrected chi connectivity index (χ0v) is 16.5. The van der Waals surface area contributed by atoms with E-state index in [-0.39, 0.29) is 25.5 Å². The molecule has 2 atom stereocenters. The Hall–Kier alpha value is -1.32. The Labute approximate surface area is 153 Å². The Morgan fingerprint density at radius 2 is 2.00 bits per heavy atom. The molecule has 1 fully saturated rings. The first-order valence-corrected chi connectivity index (χ1v) is 9.61. The van der Waals surface area contributed by atoms with Gasteiger partial charge in [-0.05, 0) is 0 Å². The lowest BCUT2D eigenvalue weighted by molar-refractivity contribution is -0.161. The zero-order chi connectivity index (χ0) is 20.0. The van der Waals surface area contributed by atoms with Gasteiger partial charge in [0.15, 0.2) is 6.10 Å². The van der Waals surface area contributed by atoms with Crippen LogP contribution in [0.15, 0.2) is 0 Å². The van der Waals surface area contributed by atoms with Gasteiger partial charge in [-0.15, -0.1) is 9.05 Å². The summed E-state index contributed by atoms with van der Waals surface area (Å²) in [5.74, 6) is -1.85. The van der Waals surface area contributed by atoms with Gasteiger partial charge in [0.2, 0.25) is 6.79 Å². The molecule has 0 aliphatic carbocycles. The lowest BCUT2D eigenvalue weighted by atomic mass is 9.87. The van der Waals surface area contributed by atoms with E-state index < -0.39 is 44.3 Å². The summed E-state index contributed by atoms with van der Waals surface area (Å²) in [6, 6.07) is 0. The van der Waals surface area contributed by atoms with Crippen molar-refractivity contribution >= 4 is 26.0 Å². The van der Waals surface area contributed by atoms with Crippen LogP contribution >= 0.6 is 8.17 Å². The quantitative estimate of drug-likeness (QED) is 0.350. The second kappa shape index (κ2) is 9.57. The molecule has 1 saturated heterocycles. The molecule has 1 aliphatic rings. The molecule has 0 spiro atoms. The van der Waals surface area contributed by atoms with Crippen LogP contribution in [0.25, 0.3) is 0 Å². The third-order valence-corrected chi connectivity index (χ3v) is 4.90. The summed E-state index contributed by atoms with van der Waals surface area (Å²) in [4.78, 5) is 45.2. The van der Waals surface area contributed by atoms with Crippen molar-refractivity contribution in [3.8, 4) is 0 Å². The fourth-order valence-electron chi connectivity index (χ4n) is 1.90. The van der Waals surface area contributed by atoms with Gasteiger partial charge in [-0.3, -0.25) is 14.4 Å². The number of carbonyl (C=O) groups is 3. The molecular weight excluding hydrogens is 369 g/mol. The molecule has 150 valence electrons. The summed E-state index contributed by atoms with van der Waals surface area (Å²) >= 11 is 0. The molecule has 26 heavy (non-hydrogen) atoms. The Balaban J connectivity index is 2.61. The Kier molecular flexibility index (Phi) is 8.36. The first-order chi connectivity index (χ1) is 12.0. The van der Waals surface area contributed by atoms with E-state index in [2.05, 4.69) is 10.1 Å². The van der Waals surface area contributed by atoms with Crippen LogP contribution in [-0.2, 0) is 37.4 Å². The normalized spacial score (nSPS) is 24.8. The first-order valence-electron chi connectivity index (χ1n) is 8.11. The van der Waals surface area contributed by atoms with Crippen LogP contribution in [0.4, 0.5) is 0 Å². The highest BCUT2D eigenvalue weighted by atomic mass is 31.2. The van der Waals surface area contributed by atoms with Gasteiger partial charge in [0, 0.05) is 12.0 Å².